The van der Waals surface area contributed by atoms with E-state index in [9.17, 15) is 13.2 Å². The molecule has 0 bridgehead atoms. The Morgan fingerprint density at radius 1 is 1.11 bits per heavy atom. The monoisotopic (exact) mass is 424 g/mol. The SMILES string of the molecule is Cc1csc(N2CCN(C(=O)c3cc(S(=O)(=O)N4CCCC4)c(C)o3)CC2)n1. The van der Waals surface area contributed by atoms with Crippen LogP contribution in [0.1, 0.15) is 34.9 Å². The molecule has 152 valence electrons. The number of anilines is 1. The highest BCUT2D eigenvalue weighted by molar-refractivity contribution is 7.89. The van der Waals surface area contributed by atoms with E-state index in [1.165, 1.54) is 10.4 Å². The number of carbonyl (C=O) groups excluding carboxylic acids is 1. The highest BCUT2D eigenvalue weighted by Gasteiger charge is 2.33. The van der Waals surface area contributed by atoms with E-state index >= 15 is 0 Å². The first-order chi connectivity index (χ1) is 13.4. The summed E-state index contributed by atoms with van der Waals surface area (Å²) in [4.78, 5) is 21.3. The molecule has 0 spiro atoms. The summed E-state index contributed by atoms with van der Waals surface area (Å²) in [7, 11) is -3.60. The first-order valence-electron chi connectivity index (χ1n) is 9.43. The molecule has 4 rings (SSSR count). The zero-order valence-corrected chi connectivity index (χ0v) is 17.7. The molecule has 0 unspecified atom stereocenters. The van der Waals surface area contributed by atoms with Crippen molar-refractivity contribution in [1.29, 1.82) is 0 Å². The molecule has 0 saturated carbocycles. The highest BCUT2D eigenvalue weighted by atomic mass is 32.2. The predicted molar refractivity (Wildman–Crippen MR) is 106 cm³/mol. The lowest BCUT2D eigenvalue weighted by Crippen LogP contribution is -2.48. The van der Waals surface area contributed by atoms with E-state index in [2.05, 4.69) is 9.88 Å². The number of rotatable bonds is 4. The van der Waals surface area contributed by atoms with Gasteiger partial charge in [0.15, 0.2) is 10.9 Å². The zero-order valence-electron chi connectivity index (χ0n) is 16.0. The number of carbonyl (C=O) groups is 1. The van der Waals surface area contributed by atoms with Crippen molar-refractivity contribution in [2.45, 2.75) is 31.6 Å². The summed E-state index contributed by atoms with van der Waals surface area (Å²) in [5.41, 5.74) is 0.997. The van der Waals surface area contributed by atoms with Crippen LogP contribution in [-0.2, 0) is 10.0 Å². The summed E-state index contributed by atoms with van der Waals surface area (Å²) in [5.74, 6) is 0.0990. The predicted octanol–water partition coefficient (Wildman–Crippen LogP) is 2.10. The average molecular weight is 425 g/mol. The molecule has 0 aromatic carbocycles. The first-order valence-corrected chi connectivity index (χ1v) is 11.7. The van der Waals surface area contributed by atoms with Gasteiger partial charge in [0.05, 0.1) is 5.69 Å². The van der Waals surface area contributed by atoms with Gasteiger partial charge in [0.1, 0.15) is 10.7 Å². The number of aryl methyl sites for hydroxylation is 2. The lowest BCUT2D eigenvalue weighted by Gasteiger charge is -2.34. The number of piperazine rings is 1. The second kappa shape index (κ2) is 7.49. The van der Waals surface area contributed by atoms with Gasteiger partial charge in [-0.1, -0.05) is 0 Å². The molecule has 2 saturated heterocycles. The maximum Gasteiger partial charge on any atom is 0.289 e. The van der Waals surface area contributed by atoms with Crippen LogP contribution in [0.25, 0.3) is 0 Å². The minimum Gasteiger partial charge on any atom is -0.455 e. The summed E-state index contributed by atoms with van der Waals surface area (Å²) in [5, 5.41) is 2.98. The summed E-state index contributed by atoms with van der Waals surface area (Å²) in [6.07, 6.45) is 1.73. The molecule has 8 nitrogen and oxygen atoms in total. The van der Waals surface area contributed by atoms with Gasteiger partial charge in [-0.2, -0.15) is 4.31 Å². The van der Waals surface area contributed by atoms with Gasteiger partial charge >= 0.3 is 0 Å². The fourth-order valence-electron chi connectivity index (χ4n) is 3.64. The first kappa shape index (κ1) is 19.4. The van der Waals surface area contributed by atoms with Gasteiger partial charge in [-0.15, -0.1) is 11.3 Å². The Bertz CT molecular complexity index is 968. The third-order valence-electron chi connectivity index (χ3n) is 5.21. The molecule has 2 aliphatic heterocycles. The van der Waals surface area contributed by atoms with Gasteiger partial charge in [-0.05, 0) is 26.7 Å². The third-order valence-corrected chi connectivity index (χ3v) is 8.24. The molecule has 2 fully saturated rings. The van der Waals surface area contributed by atoms with E-state index in [1.54, 1.807) is 23.2 Å². The molecule has 0 aliphatic carbocycles. The molecule has 10 heteroatoms. The van der Waals surface area contributed by atoms with Crippen molar-refractivity contribution >= 4 is 32.4 Å². The number of aromatic nitrogens is 1. The number of amides is 1. The summed E-state index contributed by atoms with van der Waals surface area (Å²) < 4.78 is 32.6. The molecule has 4 heterocycles. The largest absolute Gasteiger partial charge is 0.455 e. The van der Waals surface area contributed by atoms with Crippen LogP contribution in [0.5, 0.6) is 0 Å². The molecule has 0 radical (unpaired) electrons. The van der Waals surface area contributed by atoms with Crippen molar-refractivity contribution in [2.24, 2.45) is 0 Å². The molecular weight excluding hydrogens is 400 g/mol. The summed E-state index contributed by atoms with van der Waals surface area (Å²) >= 11 is 1.60. The lowest BCUT2D eigenvalue weighted by atomic mass is 10.3. The Kier molecular flexibility index (Phi) is 5.19. The van der Waals surface area contributed by atoms with E-state index in [0.29, 0.717) is 39.3 Å². The standard InChI is InChI=1S/C18H24N4O4S2/c1-13-12-27-18(19-13)21-9-7-20(8-10-21)17(23)15-11-16(14(2)26-15)28(24,25)22-5-3-4-6-22/h11-12H,3-10H2,1-2H3. The average Bonchev–Trinajstić information content (AvgIpc) is 3.42. The van der Waals surface area contributed by atoms with Crippen LogP contribution in [0.4, 0.5) is 5.13 Å². The Labute approximate surface area is 168 Å². The van der Waals surface area contributed by atoms with E-state index in [1.807, 2.05) is 12.3 Å². The maximum atomic E-state index is 12.9. The molecule has 28 heavy (non-hydrogen) atoms. The molecule has 2 aromatic heterocycles. The van der Waals surface area contributed by atoms with Gasteiger partial charge in [0, 0.05) is 50.7 Å². The van der Waals surface area contributed by atoms with Crippen LogP contribution in [0.15, 0.2) is 20.8 Å². The van der Waals surface area contributed by atoms with Crippen molar-refractivity contribution in [3.05, 3.63) is 28.7 Å². The van der Waals surface area contributed by atoms with Crippen molar-refractivity contribution in [3.63, 3.8) is 0 Å². The van der Waals surface area contributed by atoms with Crippen molar-refractivity contribution < 1.29 is 17.6 Å². The van der Waals surface area contributed by atoms with E-state index < -0.39 is 10.0 Å². The number of hydrogen-bond acceptors (Lipinski definition) is 7. The third kappa shape index (κ3) is 3.56. The van der Waals surface area contributed by atoms with Crippen LogP contribution in [0.3, 0.4) is 0 Å². The minimum absolute atomic E-state index is 0.0915. The number of nitrogens with zero attached hydrogens (tertiary/aromatic N) is 4. The zero-order chi connectivity index (χ0) is 19.9. The maximum absolute atomic E-state index is 12.9. The number of thiazole rings is 1. The Hall–Kier alpha value is -1.91. The smallest absolute Gasteiger partial charge is 0.289 e. The summed E-state index contributed by atoms with van der Waals surface area (Å²) in [6, 6.07) is 1.39. The summed E-state index contributed by atoms with van der Waals surface area (Å²) in [6.45, 7) is 7.09. The highest BCUT2D eigenvalue weighted by Crippen LogP contribution is 2.27. The van der Waals surface area contributed by atoms with Crippen molar-refractivity contribution in [2.75, 3.05) is 44.2 Å². The van der Waals surface area contributed by atoms with Gasteiger partial charge in [0.25, 0.3) is 5.91 Å². The second-order valence-electron chi connectivity index (χ2n) is 7.19. The van der Waals surface area contributed by atoms with Gasteiger partial charge in [-0.25, -0.2) is 13.4 Å². The van der Waals surface area contributed by atoms with Crippen molar-refractivity contribution in [1.82, 2.24) is 14.2 Å². The van der Waals surface area contributed by atoms with Crippen LogP contribution >= 0.6 is 11.3 Å². The number of furan rings is 1. The van der Waals surface area contributed by atoms with Crippen LogP contribution in [0.2, 0.25) is 0 Å². The van der Waals surface area contributed by atoms with E-state index in [-0.39, 0.29) is 22.3 Å². The van der Waals surface area contributed by atoms with Crippen LogP contribution in [0, 0.1) is 13.8 Å². The quantitative estimate of drug-likeness (QED) is 0.747. The fraction of sp³-hybridized carbons (Fsp3) is 0.556. The van der Waals surface area contributed by atoms with Gasteiger partial charge in [0.2, 0.25) is 10.0 Å². The number of sulfonamides is 1. The topological polar surface area (TPSA) is 87.0 Å². The molecule has 1 amide bonds. The normalized spacial score (nSPS) is 18.8. The fourth-order valence-corrected chi connectivity index (χ4v) is 6.17. The molecule has 2 aromatic rings. The number of hydrogen-bond donors (Lipinski definition) is 0. The molecule has 2 aliphatic rings. The minimum atomic E-state index is -3.60. The molecule has 0 atom stereocenters. The Balaban J connectivity index is 1.46. The van der Waals surface area contributed by atoms with Crippen LogP contribution in [-0.4, -0.2) is 67.8 Å². The van der Waals surface area contributed by atoms with Crippen molar-refractivity contribution in [3.8, 4) is 0 Å². The van der Waals surface area contributed by atoms with E-state index in [0.717, 1.165) is 23.7 Å². The van der Waals surface area contributed by atoms with Gasteiger partial charge < -0.3 is 14.2 Å². The second-order valence-corrected chi connectivity index (χ2v) is 9.94. The lowest BCUT2D eigenvalue weighted by molar-refractivity contribution is 0.0713. The molecular formula is C18H24N4O4S2. The Morgan fingerprint density at radius 2 is 1.79 bits per heavy atom. The van der Waals surface area contributed by atoms with E-state index in [4.69, 9.17) is 4.42 Å². The van der Waals surface area contributed by atoms with Gasteiger partial charge in [-0.3, -0.25) is 4.79 Å². The Morgan fingerprint density at radius 3 is 2.39 bits per heavy atom. The molecule has 0 N–H and O–H groups in total. The van der Waals surface area contributed by atoms with Crippen LogP contribution < -0.4 is 4.90 Å².